The summed E-state index contributed by atoms with van der Waals surface area (Å²) in [7, 11) is 0. The van der Waals surface area contributed by atoms with E-state index < -0.39 is 0 Å². The van der Waals surface area contributed by atoms with Gasteiger partial charge in [0.15, 0.2) is 0 Å². The first-order chi connectivity index (χ1) is 8.91. The van der Waals surface area contributed by atoms with Crippen molar-refractivity contribution in [2.75, 3.05) is 0 Å². The SMILES string of the molecule is C1=CCCCCC=C1.CCCCCCCCCC. The van der Waals surface area contributed by atoms with E-state index in [1.54, 1.807) is 0 Å². The average molecular weight is 250 g/mol. The van der Waals surface area contributed by atoms with Gasteiger partial charge >= 0.3 is 0 Å². The highest BCUT2D eigenvalue weighted by atomic mass is 13.9. The summed E-state index contributed by atoms with van der Waals surface area (Å²) in [5.74, 6) is 0. The second-order valence-electron chi connectivity index (χ2n) is 5.26. The molecule has 0 N–H and O–H groups in total. The molecule has 0 saturated heterocycles. The van der Waals surface area contributed by atoms with E-state index in [-0.39, 0.29) is 0 Å². The van der Waals surface area contributed by atoms with E-state index in [9.17, 15) is 0 Å². The summed E-state index contributed by atoms with van der Waals surface area (Å²) in [4.78, 5) is 0. The van der Waals surface area contributed by atoms with Crippen molar-refractivity contribution in [3.05, 3.63) is 24.3 Å². The van der Waals surface area contributed by atoms with Gasteiger partial charge in [-0.1, -0.05) is 89.5 Å². The molecule has 0 bridgehead atoms. The lowest BCUT2D eigenvalue weighted by atomic mass is 10.1. The molecule has 18 heavy (non-hydrogen) atoms. The summed E-state index contributed by atoms with van der Waals surface area (Å²) in [6.45, 7) is 4.54. The van der Waals surface area contributed by atoms with Crippen LogP contribution in [-0.2, 0) is 0 Å². The monoisotopic (exact) mass is 250 g/mol. The number of rotatable bonds is 7. The highest BCUT2D eigenvalue weighted by Gasteiger charge is 1.87. The van der Waals surface area contributed by atoms with Crippen molar-refractivity contribution < 1.29 is 0 Å². The van der Waals surface area contributed by atoms with Gasteiger partial charge in [-0.25, -0.2) is 0 Å². The Morgan fingerprint density at radius 1 is 0.611 bits per heavy atom. The molecule has 0 fully saturated rings. The number of hydrogen-bond donors (Lipinski definition) is 0. The molecule has 0 heteroatoms. The molecule has 0 unspecified atom stereocenters. The molecule has 0 heterocycles. The van der Waals surface area contributed by atoms with Crippen LogP contribution in [0, 0.1) is 0 Å². The van der Waals surface area contributed by atoms with E-state index in [1.807, 2.05) is 0 Å². The molecular weight excluding hydrogens is 216 g/mol. The summed E-state index contributed by atoms with van der Waals surface area (Å²) < 4.78 is 0. The van der Waals surface area contributed by atoms with E-state index in [0.717, 1.165) is 0 Å². The molecule has 0 aromatic rings. The average Bonchev–Trinajstić information content (AvgIpc) is 2.34. The Kier molecular flexibility index (Phi) is 16.0. The van der Waals surface area contributed by atoms with Crippen LogP contribution in [0.2, 0.25) is 0 Å². The maximum Gasteiger partial charge on any atom is -0.0347 e. The lowest BCUT2D eigenvalue weighted by Gasteiger charge is -1.97. The fraction of sp³-hybridized carbons (Fsp3) is 0.778. The molecule has 1 rings (SSSR count). The second kappa shape index (κ2) is 16.5. The van der Waals surface area contributed by atoms with Gasteiger partial charge in [-0.2, -0.15) is 0 Å². The van der Waals surface area contributed by atoms with Crippen LogP contribution in [0.15, 0.2) is 24.3 Å². The summed E-state index contributed by atoms with van der Waals surface area (Å²) >= 11 is 0. The molecule has 0 amide bonds. The van der Waals surface area contributed by atoms with Crippen LogP contribution in [0.4, 0.5) is 0 Å². The molecule has 0 spiro atoms. The van der Waals surface area contributed by atoms with Gasteiger partial charge < -0.3 is 0 Å². The van der Waals surface area contributed by atoms with Crippen molar-refractivity contribution >= 4 is 0 Å². The molecule has 1 aliphatic rings. The van der Waals surface area contributed by atoms with Crippen LogP contribution in [0.1, 0.15) is 90.9 Å². The Labute approximate surface area is 116 Å². The number of hydrogen-bond acceptors (Lipinski definition) is 0. The van der Waals surface area contributed by atoms with E-state index in [4.69, 9.17) is 0 Å². The Morgan fingerprint density at radius 3 is 1.39 bits per heavy atom. The fourth-order valence-corrected chi connectivity index (χ4v) is 2.08. The molecule has 0 aromatic carbocycles. The third-order valence-corrected chi connectivity index (χ3v) is 3.33. The van der Waals surface area contributed by atoms with Crippen molar-refractivity contribution in [2.45, 2.75) is 90.9 Å². The Morgan fingerprint density at radius 2 is 1.00 bits per heavy atom. The number of unbranched alkanes of at least 4 members (excludes halogenated alkanes) is 7. The first-order valence-corrected chi connectivity index (χ1v) is 8.23. The summed E-state index contributed by atoms with van der Waals surface area (Å²) in [6.07, 6.45) is 25.5. The Balaban J connectivity index is 0.000000327. The minimum absolute atomic E-state index is 1.27. The summed E-state index contributed by atoms with van der Waals surface area (Å²) in [5.41, 5.74) is 0. The molecule has 0 aromatic heterocycles. The van der Waals surface area contributed by atoms with Gasteiger partial charge in [0, 0.05) is 0 Å². The van der Waals surface area contributed by atoms with Crippen molar-refractivity contribution in [3.63, 3.8) is 0 Å². The molecule has 1 aliphatic carbocycles. The van der Waals surface area contributed by atoms with Crippen molar-refractivity contribution in [3.8, 4) is 0 Å². The van der Waals surface area contributed by atoms with Gasteiger partial charge in [0.1, 0.15) is 0 Å². The van der Waals surface area contributed by atoms with Crippen molar-refractivity contribution in [2.24, 2.45) is 0 Å². The predicted octanol–water partition coefficient (Wildman–Crippen LogP) is 6.82. The third kappa shape index (κ3) is 15.5. The van der Waals surface area contributed by atoms with Gasteiger partial charge in [-0.3, -0.25) is 0 Å². The zero-order chi connectivity index (χ0) is 13.3. The van der Waals surface area contributed by atoms with Gasteiger partial charge in [-0.05, 0) is 25.7 Å². The lowest BCUT2D eigenvalue weighted by Crippen LogP contribution is -1.77. The Bertz CT molecular complexity index is 166. The first-order valence-electron chi connectivity index (χ1n) is 8.23. The highest BCUT2D eigenvalue weighted by molar-refractivity contribution is 5.03. The van der Waals surface area contributed by atoms with Crippen LogP contribution in [0.3, 0.4) is 0 Å². The zero-order valence-electron chi connectivity index (χ0n) is 12.8. The van der Waals surface area contributed by atoms with Gasteiger partial charge in [0.05, 0.1) is 0 Å². The van der Waals surface area contributed by atoms with E-state index in [0.29, 0.717) is 0 Å². The summed E-state index contributed by atoms with van der Waals surface area (Å²) in [5, 5.41) is 0. The van der Waals surface area contributed by atoms with Crippen molar-refractivity contribution in [1.82, 2.24) is 0 Å². The first kappa shape index (κ1) is 17.5. The molecule has 0 aliphatic heterocycles. The Hall–Kier alpha value is -0.520. The molecule has 106 valence electrons. The van der Waals surface area contributed by atoms with E-state index >= 15 is 0 Å². The standard InChI is InChI=1S/C10H22.C8H12/c1-3-5-7-9-10-8-6-4-2;1-2-4-6-8-7-5-3-1/h3-10H2,1-2H3;1-4H,5-8H2. The number of allylic oxidation sites excluding steroid dienone is 4. The lowest BCUT2D eigenvalue weighted by molar-refractivity contribution is 0.585. The van der Waals surface area contributed by atoms with Crippen molar-refractivity contribution in [1.29, 1.82) is 0 Å². The summed E-state index contributed by atoms with van der Waals surface area (Å²) in [6, 6.07) is 0. The molecule has 0 atom stereocenters. The minimum Gasteiger partial charge on any atom is -0.0845 e. The molecule has 0 saturated carbocycles. The minimum atomic E-state index is 1.27. The smallest absolute Gasteiger partial charge is 0.0347 e. The highest BCUT2D eigenvalue weighted by Crippen LogP contribution is 2.07. The largest absolute Gasteiger partial charge is 0.0845 e. The van der Waals surface area contributed by atoms with Crippen LogP contribution < -0.4 is 0 Å². The van der Waals surface area contributed by atoms with Crippen LogP contribution >= 0.6 is 0 Å². The normalized spacial score (nSPS) is 14.6. The third-order valence-electron chi connectivity index (χ3n) is 3.33. The van der Waals surface area contributed by atoms with Crippen LogP contribution in [-0.4, -0.2) is 0 Å². The maximum absolute atomic E-state index is 2.27. The van der Waals surface area contributed by atoms with E-state index in [1.165, 1.54) is 77.0 Å². The molecular formula is C18H34. The van der Waals surface area contributed by atoms with Gasteiger partial charge in [-0.15, -0.1) is 0 Å². The van der Waals surface area contributed by atoms with Gasteiger partial charge in [0.2, 0.25) is 0 Å². The van der Waals surface area contributed by atoms with Gasteiger partial charge in [0.25, 0.3) is 0 Å². The zero-order valence-corrected chi connectivity index (χ0v) is 12.8. The van der Waals surface area contributed by atoms with Crippen LogP contribution in [0.5, 0.6) is 0 Å². The quantitative estimate of drug-likeness (QED) is 0.435. The molecule has 0 radical (unpaired) electrons. The van der Waals surface area contributed by atoms with Crippen LogP contribution in [0.25, 0.3) is 0 Å². The fourth-order valence-electron chi connectivity index (χ4n) is 2.08. The maximum atomic E-state index is 2.27. The second-order valence-corrected chi connectivity index (χ2v) is 5.26. The van der Waals surface area contributed by atoms with E-state index in [2.05, 4.69) is 38.2 Å². The molecule has 0 nitrogen and oxygen atoms in total. The predicted molar refractivity (Wildman–Crippen MR) is 85.0 cm³/mol. The topological polar surface area (TPSA) is 0 Å².